The molecule has 1 aromatic heterocycles. The van der Waals surface area contributed by atoms with Crippen LogP contribution in [0.5, 0.6) is 0 Å². The van der Waals surface area contributed by atoms with Gasteiger partial charge in [-0.1, -0.05) is 0 Å². The highest BCUT2D eigenvalue weighted by Gasteiger charge is 2.68. The van der Waals surface area contributed by atoms with Crippen LogP contribution in [0.25, 0.3) is 0 Å². The summed E-state index contributed by atoms with van der Waals surface area (Å²) in [6.07, 6.45) is 3.41. The van der Waals surface area contributed by atoms with E-state index in [0.717, 1.165) is 4.90 Å². The molecule has 2 aliphatic heterocycles. The smallest absolute Gasteiger partial charge is 0.307 e. The SMILES string of the molecule is CCOC(=O)CCNC(=O)C[n+]1ccn(C[C@@]2(C)[C@H](C=O)N3C(=O)CC3S2(=O)=O)n1. The van der Waals surface area contributed by atoms with E-state index >= 15 is 0 Å². The third kappa shape index (κ3) is 3.68. The molecule has 0 saturated carbocycles. The zero-order valence-electron chi connectivity index (χ0n) is 16.7. The van der Waals surface area contributed by atoms with Gasteiger partial charge >= 0.3 is 5.97 Å². The molecule has 0 aromatic carbocycles. The van der Waals surface area contributed by atoms with Crippen LogP contribution in [0.2, 0.25) is 0 Å². The van der Waals surface area contributed by atoms with Gasteiger partial charge in [0.1, 0.15) is 29.0 Å². The van der Waals surface area contributed by atoms with Crippen LogP contribution in [-0.2, 0) is 46.8 Å². The largest absolute Gasteiger partial charge is 0.466 e. The van der Waals surface area contributed by atoms with E-state index in [2.05, 4.69) is 10.5 Å². The number of rotatable bonds is 9. The molecule has 13 heteroatoms. The number of hydrogen-bond acceptors (Lipinski definition) is 8. The molecule has 2 saturated heterocycles. The first-order valence-electron chi connectivity index (χ1n) is 9.49. The number of carbonyl (C=O) groups is 4. The van der Waals surface area contributed by atoms with E-state index in [0.29, 0.717) is 6.29 Å². The van der Waals surface area contributed by atoms with Crippen LogP contribution in [-0.4, -0.2) is 76.6 Å². The Hall–Kier alpha value is -2.83. The number of amides is 2. The number of fused-ring (bicyclic) bond motifs is 1. The molecular weight excluding hydrogens is 418 g/mol. The molecule has 12 nitrogen and oxygen atoms in total. The van der Waals surface area contributed by atoms with Crippen LogP contribution >= 0.6 is 0 Å². The molecule has 30 heavy (non-hydrogen) atoms. The summed E-state index contributed by atoms with van der Waals surface area (Å²) in [5, 5.41) is 5.75. The number of hydrogen-bond donors (Lipinski definition) is 1. The minimum absolute atomic E-state index is 0.0539. The van der Waals surface area contributed by atoms with Gasteiger partial charge in [0.15, 0.2) is 28.8 Å². The van der Waals surface area contributed by atoms with Gasteiger partial charge in [-0.25, -0.2) is 8.42 Å². The van der Waals surface area contributed by atoms with Crippen molar-refractivity contribution in [2.75, 3.05) is 13.2 Å². The van der Waals surface area contributed by atoms with Gasteiger partial charge in [0.2, 0.25) is 5.91 Å². The Kier molecular flexibility index (Phi) is 5.92. The minimum atomic E-state index is -3.78. The predicted octanol–water partition coefficient (Wildman–Crippen LogP) is -2.45. The van der Waals surface area contributed by atoms with Crippen LogP contribution in [0.1, 0.15) is 26.7 Å². The molecule has 2 aliphatic rings. The van der Waals surface area contributed by atoms with Gasteiger partial charge in [-0.3, -0.25) is 14.4 Å². The van der Waals surface area contributed by atoms with Crippen LogP contribution in [0.15, 0.2) is 12.4 Å². The third-order valence-electron chi connectivity index (χ3n) is 5.39. The minimum Gasteiger partial charge on any atom is -0.466 e. The third-order valence-corrected chi connectivity index (χ3v) is 8.17. The number of aromatic nitrogens is 3. The normalized spacial score (nSPS) is 26.6. The summed E-state index contributed by atoms with van der Waals surface area (Å²) in [6.45, 7) is 3.24. The zero-order chi connectivity index (χ0) is 22.1. The molecule has 3 atom stereocenters. The number of esters is 1. The Bertz CT molecular complexity index is 975. The first-order valence-corrected chi connectivity index (χ1v) is 11.0. The van der Waals surface area contributed by atoms with Crippen molar-refractivity contribution in [2.45, 2.75) is 55.9 Å². The average molecular weight is 442 g/mol. The van der Waals surface area contributed by atoms with E-state index in [1.165, 1.54) is 28.7 Å². The maximum Gasteiger partial charge on any atom is 0.307 e. The lowest BCUT2D eigenvalue weighted by Gasteiger charge is -2.35. The first kappa shape index (κ1) is 21.9. The van der Waals surface area contributed by atoms with Gasteiger partial charge in [0.05, 0.1) is 24.7 Å². The van der Waals surface area contributed by atoms with Crippen LogP contribution in [0.3, 0.4) is 0 Å². The standard InChI is InChI=1S/C17H23N5O7S/c1-3-29-16(26)4-5-18-13(24)9-20-6-7-21(19-20)11-17(2)12(10-23)22-14(25)8-15(22)30(17,27)28/h6-7,10,12,15H,3-5,8-9,11H2,1-2H3/p+1/t12-,15?,17-/m0/s1. The molecule has 164 valence electrons. The highest BCUT2D eigenvalue weighted by molar-refractivity contribution is 7.93. The molecule has 2 amide bonds. The quantitative estimate of drug-likeness (QED) is 0.192. The van der Waals surface area contributed by atoms with Gasteiger partial charge in [0.25, 0.3) is 5.91 Å². The van der Waals surface area contributed by atoms with Crippen LogP contribution in [0, 0.1) is 0 Å². The van der Waals surface area contributed by atoms with Crippen molar-refractivity contribution in [3.05, 3.63) is 12.4 Å². The lowest BCUT2D eigenvalue weighted by Crippen LogP contribution is -2.55. The van der Waals surface area contributed by atoms with E-state index in [4.69, 9.17) is 4.74 Å². The molecule has 1 N–H and O–H groups in total. The number of nitrogens with zero attached hydrogens (tertiary/aromatic N) is 4. The maximum absolute atomic E-state index is 12.9. The average Bonchev–Trinajstić information content (AvgIpc) is 3.14. The topological polar surface area (TPSA) is 149 Å². The molecule has 0 spiro atoms. The fourth-order valence-corrected chi connectivity index (χ4v) is 6.10. The van der Waals surface area contributed by atoms with Crippen molar-refractivity contribution in [1.29, 1.82) is 0 Å². The van der Waals surface area contributed by atoms with E-state index < -0.39 is 32.0 Å². The summed E-state index contributed by atoms with van der Waals surface area (Å²) in [7, 11) is -3.78. The number of aldehydes is 1. The van der Waals surface area contributed by atoms with Gasteiger partial charge in [-0.2, -0.15) is 0 Å². The van der Waals surface area contributed by atoms with E-state index in [1.807, 2.05) is 0 Å². The summed E-state index contributed by atoms with van der Waals surface area (Å²) in [5.74, 6) is -1.15. The summed E-state index contributed by atoms with van der Waals surface area (Å²) in [6, 6.07) is -1.09. The number of β-lactam (4-membered cyclic amide) rings is 1. The van der Waals surface area contributed by atoms with Crippen molar-refractivity contribution in [1.82, 2.24) is 20.1 Å². The maximum atomic E-state index is 12.9. The fourth-order valence-electron chi connectivity index (χ4n) is 3.75. The summed E-state index contributed by atoms with van der Waals surface area (Å²) >= 11 is 0. The molecule has 0 bridgehead atoms. The molecule has 3 heterocycles. The Labute approximate surface area is 173 Å². The van der Waals surface area contributed by atoms with E-state index in [-0.39, 0.29) is 50.9 Å². The molecular formula is C17H24N5O7S+. The van der Waals surface area contributed by atoms with Crippen LogP contribution in [0.4, 0.5) is 0 Å². The molecule has 1 aromatic rings. The Morgan fingerprint density at radius 2 is 2.20 bits per heavy atom. The number of carbonyl (C=O) groups excluding carboxylic acids is 4. The monoisotopic (exact) mass is 442 g/mol. The van der Waals surface area contributed by atoms with Gasteiger partial charge in [0, 0.05) is 6.54 Å². The molecule has 3 rings (SSSR count). The van der Waals surface area contributed by atoms with Crippen LogP contribution < -0.4 is 10.00 Å². The predicted molar refractivity (Wildman–Crippen MR) is 99.1 cm³/mol. The summed E-state index contributed by atoms with van der Waals surface area (Å²) in [5.41, 5.74) is 0. The second-order valence-corrected chi connectivity index (χ2v) is 9.95. The fraction of sp³-hybridized carbons (Fsp3) is 0.647. The summed E-state index contributed by atoms with van der Waals surface area (Å²) < 4.78 is 31.7. The zero-order valence-corrected chi connectivity index (χ0v) is 17.5. The highest BCUT2D eigenvalue weighted by atomic mass is 32.2. The van der Waals surface area contributed by atoms with Crippen molar-refractivity contribution in [3.63, 3.8) is 0 Å². The Balaban J connectivity index is 1.62. The first-order chi connectivity index (χ1) is 14.1. The second-order valence-electron chi connectivity index (χ2n) is 7.39. The van der Waals surface area contributed by atoms with Crippen molar-refractivity contribution < 1.29 is 37.0 Å². The Morgan fingerprint density at radius 1 is 1.47 bits per heavy atom. The van der Waals surface area contributed by atoms with Gasteiger partial charge < -0.3 is 19.7 Å². The lowest BCUT2D eigenvalue weighted by atomic mass is 9.97. The number of nitrogens with one attached hydrogen (secondary N) is 1. The molecule has 2 fully saturated rings. The number of ether oxygens (including phenoxy) is 1. The lowest BCUT2D eigenvalue weighted by molar-refractivity contribution is -0.743. The van der Waals surface area contributed by atoms with Crippen molar-refractivity contribution in [3.8, 4) is 0 Å². The Morgan fingerprint density at radius 3 is 2.83 bits per heavy atom. The number of sulfone groups is 1. The second kappa shape index (κ2) is 8.13. The van der Waals surface area contributed by atoms with Gasteiger partial charge in [-0.05, 0) is 13.8 Å². The summed E-state index contributed by atoms with van der Waals surface area (Å²) in [4.78, 5) is 47.8. The molecule has 0 radical (unpaired) electrons. The van der Waals surface area contributed by atoms with Crippen molar-refractivity contribution in [2.24, 2.45) is 0 Å². The molecule has 1 unspecified atom stereocenters. The van der Waals surface area contributed by atoms with E-state index in [9.17, 15) is 27.6 Å². The molecule has 0 aliphatic carbocycles. The van der Waals surface area contributed by atoms with Gasteiger partial charge in [-0.15, -0.1) is 9.36 Å². The van der Waals surface area contributed by atoms with Crippen molar-refractivity contribution >= 4 is 33.9 Å². The van der Waals surface area contributed by atoms with E-state index in [1.54, 1.807) is 6.92 Å². The highest BCUT2D eigenvalue weighted by Crippen LogP contribution is 2.45.